The molecule has 0 aliphatic carbocycles. The van der Waals surface area contributed by atoms with Crippen LogP contribution >= 0.6 is 34.8 Å². The molecule has 3 aromatic carbocycles. The highest BCUT2D eigenvalue weighted by atomic mass is 35.5. The number of aromatic hydroxyl groups is 3. The van der Waals surface area contributed by atoms with Crippen LogP contribution in [-0.4, -0.2) is 52.5 Å². The molecule has 3 aromatic rings. The van der Waals surface area contributed by atoms with E-state index < -0.39 is 121 Å². The third-order valence-electron chi connectivity index (χ3n) is 5.14. The zero-order valence-electron chi connectivity index (χ0n) is 19.9. The molecular formula is C24H11Cl3F6O9. The summed E-state index contributed by atoms with van der Waals surface area (Å²) in [6.07, 6.45) is -2.00. The van der Waals surface area contributed by atoms with Crippen LogP contribution in [-0.2, 0) is 14.2 Å². The molecule has 9 nitrogen and oxygen atoms in total. The van der Waals surface area contributed by atoms with Crippen molar-refractivity contribution in [2.45, 2.75) is 6.10 Å². The molecule has 42 heavy (non-hydrogen) atoms. The Labute approximate surface area is 244 Å². The summed E-state index contributed by atoms with van der Waals surface area (Å²) < 4.78 is 98.1. The Hall–Kier alpha value is -4.08. The minimum atomic E-state index is -2.00. The first-order chi connectivity index (χ1) is 19.6. The number of phenols is 3. The fourth-order valence-corrected chi connectivity index (χ4v) is 3.60. The van der Waals surface area contributed by atoms with Gasteiger partial charge in [-0.3, -0.25) is 0 Å². The van der Waals surface area contributed by atoms with E-state index in [-0.39, 0.29) is 0 Å². The van der Waals surface area contributed by atoms with Gasteiger partial charge >= 0.3 is 17.9 Å². The Morgan fingerprint density at radius 2 is 0.857 bits per heavy atom. The fourth-order valence-electron chi connectivity index (χ4n) is 3.03. The van der Waals surface area contributed by atoms with Crippen LogP contribution in [0.2, 0.25) is 15.1 Å². The van der Waals surface area contributed by atoms with E-state index in [1.807, 2.05) is 0 Å². The van der Waals surface area contributed by atoms with Gasteiger partial charge in [0.25, 0.3) is 0 Å². The van der Waals surface area contributed by atoms with E-state index in [0.717, 1.165) is 0 Å². The summed E-state index contributed by atoms with van der Waals surface area (Å²) in [7, 11) is 0. The monoisotopic (exact) mass is 662 g/mol. The van der Waals surface area contributed by atoms with Crippen molar-refractivity contribution in [1.29, 1.82) is 0 Å². The highest BCUT2D eigenvalue weighted by Gasteiger charge is 2.29. The summed E-state index contributed by atoms with van der Waals surface area (Å²) in [6, 6.07) is 1.39. The van der Waals surface area contributed by atoms with Gasteiger partial charge in [-0.15, -0.1) is 0 Å². The first kappa shape index (κ1) is 32.4. The molecule has 0 saturated carbocycles. The van der Waals surface area contributed by atoms with Gasteiger partial charge in [-0.1, -0.05) is 34.8 Å². The normalized spacial score (nSPS) is 11.0. The van der Waals surface area contributed by atoms with E-state index >= 15 is 0 Å². The van der Waals surface area contributed by atoms with E-state index in [1.165, 1.54) is 0 Å². The van der Waals surface area contributed by atoms with Crippen molar-refractivity contribution in [3.8, 4) is 17.2 Å². The summed E-state index contributed by atoms with van der Waals surface area (Å²) in [5.74, 6) is -20.7. The van der Waals surface area contributed by atoms with Crippen molar-refractivity contribution in [2.24, 2.45) is 0 Å². The van der Waals surface area contributed by atoms with Gasteiger partial charge in [-0.2, -0.15) is 13.2 Å². The lowest BCUT2D eigenvalue weighted by Gasteiger charge is -2.19. The van der Waals surface area contributed by atoms with E-state index in [2.05, 4.69) is 0 Å². The van der Waals surface area contributed by atoms with E-state index in [9.17, 15) is 56.0 Å². The number of carbonyl (C=O) groups is 3. The van der Waals surface area contributed by atoms with Gasteiger partial charge in [0.2, 0.25) is 17.5 Å². The second-order valence-electron chi connectivity index (χ2n) is 7.87. The van der Waals surface area contributed by atoms with Crippen LogP contribution in [0.1, 0.15) is 31.1 Å². The minimum Gasteiger partial charge on any atom is -0.504 e. The average molecular weight is 664 g/mol. The number of carbonyl (C=O) groups excluding carboxylic acids is 3. The van der Waals surface area contributed by atoms with Gasteiger partial charge in [0, 0.05) is 0 Å². The molecule has 0 atom stereocenters. The highest BCUT2D eigenvalue weighted by molar-refractivity contribution is 6.33. The van der Waals surface area contributed by atoms with Crippen molar-refractivity contribution in [3.63, 3.8) is 0 Å². The first-order valence-corrected chi connectivity index (χ1v) is 11.8. The van der Waals surface area contributed by atoms with Crippen LogP contribution in [0, 0.1) is 34.9 Å². The Kier molecular flexibility index (Phi) is 9.91. The fraction of sp³-hybridized carbons (Fsp3) is 0.125. The number of hydrogen-bond acceptors (Lipinski definition) is 9. The summed E-state index contributed by atoms with van der Waals surface area (Å²) in [5.41, 5.74) is -3.53. The molecule has 224 valence electrons. The van der Waals surface area contributed by atoms with Crippen molar-refractivity contribution >= 4 is 52.7 Å². The molecule has 0 amide bonds. The maximum Gasteiger partial charge on any atom is 0.341 e. The van der Waals surface area contributed by atoms with Gasteiger partial charge in [-0.25, -0.2) is 27.6 Å². The second-order valence-corrected chi connectivity index (χ2v) is 9.09. The quantitative estimate of drug-likeness (QED) is 0.117. The Balaban J connectivity index is 1.87. The molecule has 0 saturated heterocycles. The molecule has 0 fully saturated rings. The molecule has 0 heterocycles. The van der Waals surface area contributed by atoms with Crippen LogP contribution in [0.15, 0.2) is 18.2 Å². The standard InChI is InChI=1S/C24H11Cl3F6O9/c25-10-1-7(13(28)16(31)19(10)34)22(37)40-4-6(42-24(39)9-3-12(27)21(36)18(33)15(9)30)5-41-23(38)8-2-11(26)20(35)17(32)14(8)29/h1-3,6,34-36H,4-5H2. The number of benzene rings is 3. The Morgan fingerprint density at radius 3 is 1.17 bits per heavy atom. The topological polar surface area (TPSA) is 140 Å². The summed E-state index contributed by atoms with van der Waals surface area (Å²) in [5, 5.41) is 25.6. The number of rotatable bonds is 8. The third-order valence-corrected chi connectivity index (χ3v) is 6.00. The van der Waals surface area contributed by atoms with Crippen molar-refractivity contribution < 1.29 is 70.3 Å². The number of esters is 3. The molecule has 0 aliphatic heterocycles. The van der Waals surface area contributed by atoms with Crippen LogP contribution < -0.4 is 0 Å². The zero-order valence-corrected chi connectivity index (χ0v) is 22.2. The number of halogens is 9. The Bertz CT molecular complexity index is 1540. The zero-order chi connectivity index (χ0) is 31.6. The molecular weight excluding hydrogens is 653 g/mol. The Morgan fingerprint density at radius 1 is 0.571 bits per heavy atom. The van der Waals surface area contributed by atoms with Crippen molar-refractivity contribution in [1.82, 2.24) is 0 Å². The van der Waals surface area contributed by atoms with Crippen LogP contribution in [0.25, 0.3) is 0 Å². The summed E-state index contributed by atoms with van der Waals surface area (Å²) >= 11 is 16.5. The van der Waals surface area contributed by atoms with E-state index in [4.69, 9.17) is 49.0 Å². The summed E-state index contributed by atoms with van der Waals surface area (Å²) in [6.45, 7) is -2.39. The average Bonchev–Trinajstić information content (AvgIpc) is 2.96. The van der Waals surface area contributed by atoms with E-state index in [1.54, 1.807) is 0 Å². The number of phenolic OH excluding ortho intramolecular Hbond substituents is 3. The minimum absolute atomic E-state index is 0.444. The predicted molar refractivity (Wildman–Crippen MR) is 129 cm³/mol. The molecule has 3 rings (SSSR count). The van der Waals surface area contributed by atoms with Crippen molar-refractivity contribution in [3.05, 3.63) is 84.9 Å². The first-order valence-electron chi connectivity index (χ1n) is 10.7. The lowest BCUT2D eigenvalue weighted by Crippen LogP contribution is -2.31. The molecule has 3 N–H and O–H groups in total. The molecule has 0 aromatic heterocycles. The third kappa shape index (κ3) is 6.53. The molecule has 0 bridgehead atoms. The van der Waals surface area contributed by atoms with Gasteiger partial charge in [0.1, 0.15) is 29.9 Å². The molecule has 0 spiro atoms. The largest absolute Gasteiger partial charge is 0.504 e. The lowest BCUT2D eigenvalue weighted by atomic mass is 10.2. The second kappa shape index (κ2) is 12.8. The predicted octanol–water partition coefficient (Wildman–Crippen LogP) is 5.84. The van der Waals surface area contributed by atoms with Gasteiger partial charge in [0.05, 0.1) is 15.1 Å². The smallest absolute Gasteiger partial charge is 0.341 e. The molecule has 0 aliphatic rings. The lowest BCUT2D eigenvalue weighted by molar-refractivity contribution is -0.0259. The molecule has 0 unspecified atom stereocenters. The number of hydrogen-bond donors (Lipinski definition) is 3. The van der Waals surface area contributed by atoms with Gasteiger partial charge in [-0.05, 0) is 18.2 Å². The molecule has 18 heteroatoms. The van der Waals surface area contributed by atoms with Gasteiger partial charge < -0.3 is 29.5 Å². The highest BCUT2D eigenvalue weighted by Crippen LogP contribution is 2.33. The van der Waals surface area contributed by atoms with E-state index in [0.29, 0.717) is 18.2 Å². The van der Waals surface area contributed by atoms with Crippen LogP contribution in [0.3, 0.4) is 0 Å². The van der Waals surface area contributed by atoms with Crippen LogP contribution in [0.4, 0.5) is 26.3 Å². The SMILES string of the molecule is O=C(OCC(COC(=O)c1cc(Cl)c(O)c(F)c1F)OC(=O)c1cc(Cl)c(O)c(F)c1F)c1cc(Cl)c(O)c(F)c1F. The maximum absolute atomic E-state index is 14.2. The molecule has 0 radical (unpaired) electrons. The van der Waals surface area contributed by atoms with Crippen LogP contribution in [0.5, 0.6) is 17.2 Å². The van der Waals surface area contributed by atoms with Crippen molar-refractivity contribution in [2.75, 3.05) is 13.2 Å². The summed E-state index contributed by atoms with van der Waals surface area (Å²) in [4.78, 5) is 37.2. The maximum atomic E-state index is 14.2. The number of ether oxygens (including phenoxy) is 3. The van der Waals surface area contributed by atoms with Gasteiger partial charge in [0.15, 0.2) is 40.8 Å².